The predicted octanol–water partition coefficient (Wildman–Crippen LogP) is 3.18. The minimum atomic E-state index is 0.214. The smallest absolute Gasteiger partial charge is 0.254 e. The third-order valence-corrected chi connectivity index (χ3v) is 4.71. The van der Waals surface area contributed by atoms with Crippen LogP contribution in [0.3, 0.4) is 0 Å². The lowest BCUT2D eigenvalue weighted by atomic mass is 9.90. The minimum absolute atomic E-state index is 0.214. The summed E-state index contributed by atoms with van der Waals surface area (Å²) in [5.74, 6) is 0.961. The van der Waals surface area contributed by atoms with Gasteiger partial charge in [0.2, 0.25) is 0 Å². The monoisotopic (exact) mass is 254 g/mol. The highest BCUT2D eigenvalue weighted by atomic mass is 16.2. The number of benzene rings is 1. The molecule has 2 atom stereocenters. The summed E-state index contributed by atoms with van der Waals surface area (Å²) in [5, 5.41) is 1.16. The quantitative estimate of drug-likeness (QED) is 0.833. The van der Waals surface area contributed by atoms with Gasteiger partial charge in [0.1, 0.15) is 0 Å². The van der Waals surface area contributed by atoms with Gasteiger partial charge in [0.15, 0.2) is 0 Å². The maximum absolute atomic E-state index is 12.7. The Balaban J connectivity index is 1.66. The predicted molar refractivity (Wildman–Crippen MR) is 75.1 cm³/mol. The van der Waals surface area contributed by atoms with Crippen LogP contribution in [0.2, 0.25) is 0 Å². The van der Waals surface area contributed by atoms with Gasteiger partial charge in [-0.05, 0) is 48.8 Å². The molecule has 0 radical (unpaired) electrons. The molecule has 1 aliphatic heterocycles. The lowest BCUT2D eigenvalue weighted by molar-refractivity contribution is 0.0733. The lowest BCUT2D eigenvalue weighted by Gasteiger charge is -2.24. The van der Waals surface area contributed by atoms with E-state index in [9.17, 15) is 4.79 Å². The Bertz CT molecular complexity index is 630. The van der Waals surface area contributed by atoms with Gasteiger partial charge >= 0.3 is 0 Å². The van der Waals surface area contributed by atoms with Crippen molar-refractivity contribution >= 4 is 16.8 Å². The van der Waals surface area contributed by atoms with Crippen molar-refractivity contribution < 1.29 is 4.79 Å². The summed E-state index contributed by atoms with van der Waals surface area (Å²) in [5.41, 5.74) is 1.87. The summed E-state index contributed by atoms with van der Waals surface area (Å²) in [6.07, 6.45) is 6.91. The van der Waals surface area contributed by atoms with Crippen LogP contribution in [0.1, 0.15) is 36.0 Å². The molecule has 2 heterocycles. The van der Waals surface area contributed by atoms with Crippen molar-refractivity contribution in [2.45, 2.75) is 31.7 Å². The average molecular weight is 254 g/mol. The number of H-pyrrole nitrogens is 1. The third-order valence-electron chi connectivity index (χ3n) is 4.71. The van der Waals surface area contributed by atoms with Gasteiger partial charge in [-0.15, -0.1) is 0 Å². The van der Waals surface area contributed by atoms with E-state index in [1.54, 1.807) is 0 Å². The van der Waals surface area contributed by atoms with E-state index < -0.39 is 0 Å². The molecule has 3 nitrogen and oxygen atoms in total. The number of hydrogen-bond acceptors (Lipinski definition) is 1. The van der Waals surface area contributed by atoms with Crippen molar-refractivity contribution in [3.63, 3.8) is 0 Å². The molecular formula is C16H18N2O. The highest BCUT2D eigenvalue weighted by Gasteiger charge is 2.37. The van der Waals surface area contributed by atoms with Crippen molar-refractivity contribution in [3.8, 4) is 0 Å². The molecule has 4 rings (SSSR count). The summed E-state index contributed by atoms with van der Waals surface area (Å²) in [4.78, 5) is 18.0. The number of nitrogens with one attached hydrogen (secondary N) is 1. The lowest BCUT2D eigenvalue weighted by Crippen LogP contribution is -2.35. The summed E-state index contributed by atoms with van der Waals surface area (Å²) >= 11 is 0. The number of carbonyl (C=O) groups is 1. The largest absolute Gasteiger partial charge is 0.361 e. The van der Waals surface area contributed by atoms with E-state index in [1.807, 2.05) is 30.5 Å². The molecule has 98 valence electrons. The molecule has 2 aromatic rings. The number of aromatic nitrogens is 1. The molecule has 1 amide bonds. The fraction of sp³-hybridized carbons (Fsp3) is 0.438. The summed E-state index contributed by atoms with van der Waals surface area (Å²) < 4.78 is 0. The molecule has 3 heteroatoms. The van der Waals surface area contributed by atoms with Crippen LogP contribution in [0.4, 0.5) is 0 Å². The first kappa shape index (κ1) is 11.1. The summed E-state index contributed by atoms with van der Waals surface area (Å²) in [6.45, 7) is 0.965. The molecule has 0 spiro atoms. The van der Waals surface area contributed by atoms with E-state index in [1.165, 1.54) is 25.7 Å². The Kier molecular flexibility index (Phi) is 2.40. The summed E-state index contributed by atoms with van der Waals surface area (Å²) in [7, 11) is 0. The standard InChI is InChI=1S/C16H18N2O/c19-16(18-10-11-2-1-3-14(18)8-11)13-5-4-12-6-7-17-15(12)9-13/h4-7,9,11,14,17H,1-3,8,10H2/t11-,14-/m0/s1. The molecule has 1 saturated heterocycles. The van der Waals surface area contributed by atoms with Crippen LogP contribution in [0.25, 0.3) is 10.9 Å². The van der Waals surface area contributed by atoms with Gasteiger partial charge in [-0.25, -0.2) is 0 Å². The first-order chi connectivity index (χ1) is 9.31. The van der Waals surface area contributed by atoms with Gasteiger partial charge in [0.25, 0.3) is 5.91 Å². The molecular weight excluding hydrogens is 236 g/mol. The molecule has 1 aromatic carbocycles. The maximum atomic E-state index is 12.7. The van der Waals surface area contributed by atoms with Gasteiger partial charge in [-0.2, -0.15) is 0 Å². The number of nitrogens with zero attached hydrogens (tertiary/aromatic N) is 1. The molecule has 2 fully saturated rings. The van der Waals surface area contributed by atoms with E-state index in [0.29, 0.717) is 6.04 Å². The fourth-order valence-corrected chi connectivity index (χ4v) is 3.73. The van der Waals surface area contributed by atoms with Gasteiger partial charge < -0.3 is 9.88 Å². The van der Waals surface area contributed by atoms with Crippen molar-refractivity contribution in [2.24, 2.45) is 5.92 Å². The number of hydrogen-bond donors (Lipinski definition) is 1. The number of carbonyl (C=O) groups excluding carboxylic acids is 1. The fourth-order valence-electron chi connectivity index (χ4n) is 3.73. The summed E-state index contributed by atoms with van der Waals surface area (Å²) in [6, 6.07) is 8.50. The molecule has 0 unspecified atom stereocenters. The molecule has 19 heavy (non-hydrogen) atoms. The Morgan fingerprint density at radius 3 is 3.11 bits per heavy atom. The van der Waals surface area contributed by atoms with E-state index in [-0.39, 0.29) is 5.91 Å². The average Bonchev–Trinajstić information content (AvgIpc) is 3.01. The van der Waals surface area contributed by atoms with Crippen LogP contribution in [-0.4, -0.2) is 28.4 Å². The number of likely N-dealkylation sites (tertiary alicyclic amines) is 1. The zero-order valence-corrected chi connectivity index (χ0v) is 10.9. The van der Waals surface area contributed by atoms with Gasteiger partial charge in [-0.1, -0.05) is 12.5 Å². The molecule has 1 aliphatic carbocycles. The number of rotatable bonds is 1. The minimum Gasteiger partial charge on any atom is -0.361 e. The number of fused-ring (bicyclic) bond motifs is 3. The van der Waals surface area contributed by atoms with E-state index in [0.717, 1.165) is 28.9 Å². The molecule has 1 saturated carbocycles. The molecule has 2 bridgehead atoms. The van der Waals surface area contributed by atoms with E-state index in [4.69, 9.17) is 0 Å². The Morgan fingerprint density at radius 2 is 2.21 bits per heavy atom. The van der Waals surface area contributed by atoms with Crippen molar-refractivity contribution in [1.82, 2.24) is 9.88 Å². The zero-order valence-electron chi connectivity index (χ0n) is 10.9. The van der Waals surface area contributed by atoms with Gasteiger partial charge in [-0.3, -0.25) is 4.79 Å². The van der Waals surface area contributed by atoms with Crippen LogP contribution in [0.15, 0.2) is 30.5 Å². The van der Waals surface area contributed by atoms with Crippen LogP contribution < -0.4 is 0 Å². The third kappa shape index (κ3) is 1.76. The molecule has 1 N–H and O–H groups in total. The second kappa shape index (κ2) is 4.12. The number of amides is 1. The molecule has 1 aromatic heterocycles. The van der Waals surface area contributed by atoms with E-state index in [2.05, 4.69) is 9.88 Å². The Labute approximate surface area is 112 Å². The van der Waals surface area contributed by atoms with Crippen molar-refractivity contribution in [2.75, 3.05) is 6.54 Å². The highest BCUT2D eigenvalue weighted by Crippen LogP contribution is 2.36. The first-order valence-electron chi connectivity index (χ1n) is 7.19. The zero-order chi connectivity index (χ0) is 12.8. The molecule has 2 aliphatic rings. The Morgan fingerprint density at radius 1 is 1.26 bits per heavy atom. The SMILES string of the molecule is O=C(c1ccc2cc[nH]c2c1)N1C[C@H]2CCC[C@H]1C2. The van der Waals surface area contributed by atoms with E-state index >= 15 is 0 Å². The van der Waals surface area contributed by atoms with Crippen LogP contribution >= 0.6 is 0 Å². The first-order valence-corrected chi connectivity index (χ1v) is 7.19. The topological polar surface area (TPSA) is 36.1 Å². The van der Waals surface area contributed by atoms with Crippen molar-refractivity contribution in [1.29, 1.82) is 0 Å². The highest BCUT2D eigenvalue weighted by molar-refractivity contribution is 5.98. The second-order valence-corrected chi connectivity index (χ2v) is 5.92. The van der Waals surface area contributed by atoms with Gasteiger partial charge in [0.05, 0.1) is 0 Å². The van der Waals surface area contributed by atoms with Crippen LogP contribution in [0.5, 0.6) is 0 Å². The van der Waals surface area contributed by atoms with Gasteiger partial charge in [0, 0.05) is 29.9 Å². The number of aromatic amines is 1. The maximum Gasteiger partial charge on any atom is 0.254 e. The second-order valence-electron chi connectivity index (χ2n) is 5.92. The van der Waals surface area contributed by atoms with Crippen LogP contribution in [-0.2, 0) is 0 Å². The Hall–Kier alpha value is -1.77. The van der Waals surface area contributed by atoms with Crippen molar-refractivity contribution in [3.05, 3.63) is 36.0 Å². The van der Waals surface area contributed by atoms with Crippen LogP contribution in [0, 0.1) is 5.92 Å². The normalized spacial score (nSPS) is 26.0.